The van der Waals surface area contributed by atoms with Crippen LogP contribution >= 0.6 is 0 Å². The van der Waals surface area contributed by atoms with Gasteiger partial charge >= 0.3 is 7.05 Å². The molecule has 1 amide bonds. The topological polar surface area (TPSA) is 65.8 Å². The van der Waals surface area contributed by atoms with Crippen molar-refractivity contribution in [2.24, 2.45) is 5.10 Å². The van der Waals surface area contributed by atoms with E-state index in [4.69, 9.17) is 0 Å². The number of hydrogen-bond acceptors (Lipinski definition) is 4. The van der Waals surface area contributed by atoms with Crippen LogP contribution < -0.4 is 5.46 Å². The molecule has 1 N–H and O–H groups in total. The van der Waals surface area contributed by atoms with Crippen molar-refractivity contribution in [3.8, 4) is 0 Å². The number of hydrogen-bond donors (Lipinski definition) is 1. The molecule has 1 aromatic heterocycles. The highest BCUT2D eigenvalue weighted by Gasteiger charge is 2.33. The molecule has 5 nitrogen and oxygen atoms in total. The van der Waals surface area contributed by atoms with Crippen LogP contribution in [0.25, 0.3) is 0 Å². The molecule has 0 unspecified atom stereocenters. The predicted molar refractivity (Wildman–Crippen MR) is 72.0 cm³/mol. The molecule has 2 aromatic rings. The van der Waals surface area contributed by atoms with Gasteiger partial charge in [0.1, 0.15) is 0 Å². The van der Waals surface area contributed by atoms with E-state index in [0.29, 0.717) is 11.0 Å². The summed E-state index contributed by atoms with van der Waals surface area (Å²) in [7, 11) is -1.08. The molecule has 0 fully saturated rings. The zero-order chi connectivity index (χ0) is 13.2. The third-order valence-corrected chi connectivity index (χ3v) is 2.94. The lowest BCUT2D eigenvalue weighted by Gasteiger charge is -2.24. The third-order valence-electron chi connectivity index (χ3n) is 2.94. The second-order valence-electron chi connectivity index (χ2n) is 4.14. The summed E-state index contributed by atoms with van der Waals surface area (Å²) >= 11 is 0. The SMILES string of the molecule is O=C(c1cccnc1)N1N=Cc2ccccc2B1O. The van der Waals surface area contributed by atoms with Gasteiger partial charge in [0.2, 0.25) is 0 Å². The van der Waals surface area contributed by atoms with Gasteiger partial charge in [-0.25, -0.2) is 4.92 Å². The Bertz CT molecular complexity index is 645. The largest absolute Gasteiger partial charge is 0.474 e. The molecule has 3 rings (SSSR count). The average Bonchev–Trinajstić information content (AvgIpc) is 2.48. The summed E-state index contributed by atoms with van der Waals surface area (Å²) in [5.41, 5.74) is 1.86. The molecule has 0 bridgehead atoms. The molecule has 92 valence electrons. The Balaban J connectivity index is 1.95. The quantitative estimate of drug-likeness (QED) is 0.739. The van der Waals surface area contributed by atoms with E-state index in [0.717, 1.165) is 10.5 Å². The van der Waals surface area contributed by atoms with Crippen LogP contribution in [-0.2, 0) is 0 Å². The molecule has 0 saturated heterocycles. The third kappa shape index (κ3) is 2.02. The minimum atomic E-state index is -1.08. The highest BCUT2D eigenvalue weighted by molar-refractivity contribution is 6.68. The first-order valence-electron chi connectivity index (χ1n) is 5.82. The van der Waals surface area contributed by atoms with Crippen LogP contribution in [0.15, 0.2) is 53.9 Å². The van der Waals surface area contributed by atoms with Crippen molar-refractivity contribution < 1.29 is 9.82 Å². The molecule has 0 radical (unpaired) electrons. The molecule has 0 saturated carbocycles. The summed E-state index contributed by atoms with van der Waals surface area (Å²) in [5, 5.41) is 14.2. The van der Waals surface area contributed by atoms with Gasteiger partial charge in [0.25, 0.3) is 5.91 Å². The van der Waals surface area contributed by atoms with Gasteiger partial charge in [-0.15, -0.1) is 0 Å². The Morgan fingerprint density at radius 1 is 1.21 bits per heavy atom. The van der Waals surface area contributed by atoms with Crippen LogP contribution in [0.2, 0.25) is 0 Å². The molecule has 6 heteroatoms. The first-order valence-corrected chi connectivity index (χ1v) is 5.82. The highest BCUT2D eigenvalue weighted by atomic mass is 16.2. The van der Waals surface area contributed by atoms with Gasteiger partial charge in [-0.3, -0.25) is 9.78 Å². The number of rotatable bonds is 1. The maximum absolute atomic E-state index is 12.2. The number of amides is 1. The first-order chi connectivity index (χ1) is 9.27. The lowest BCUT2D eigenvalue weighted by atomic mass is 9.69. The second-order valence-corrected chi connectivity index (χ2v) is 4.14. The predicted octanol–water partition coefficient (Wildman–Crippen LogP) is 0.259. The number of benzene rings is 1. The summed E-state index contributed by atoms with van der Waals surface area (Å²) in [5.74, 6) is -0.383. The van der Waals surface area contributed by atoms with Gasteiger partial charge in [0.15, 0.2) is 0 Å². The summed E-state index contributed by atoms with van der Waals surface area (Å²) in [6.45, 7) is 0. The number of nitrogens with zero attached hydrogens (tertiary/aromatic N) is 3. The van der Waals surface area contributed by atoms with Crippen LogP contribution in [0.5, 0.6) is 0 Å². The maximum atomic E-state index is 12.2. The summed E-state index contributed by atoms with van der Waals surface area (Å²) in [6.07, 6.45) is 4.60. The van der Waals surface area contributed by atoms with E-state index < -0.39 is 7.05 Å². The first kappa shape index (κ1) is 11.6. The molecule has 1 aliphatic heterocycles. The minimum absolute atomic E-state index is 0.383. The van der Waals surface area contributed by atoms with Gasteiger partial charge in [0.05, 0.1) is 11.8 Å². The standard InChI is InChI=1S/C13H10BN3O2/c18-13(11-5-3-7-15-8-11)17-14(19)12-6-2-1-4-10(12)9-16-17/h1-9,19H. The van der Waals surface area contributed by atoms with Gasteiger partial charge in [0, 0.05) is 12.4 Å². The Hall–Kier alpha value is -2.47. The smallest absolute Gasteiger partial charge is 0.427 e. The molecule has 0 spiro atoms. The van der Waals surface area contributed by atoms with Crippen LogP contribution in [0, 0.1) is 0 Å². The number of carbonyl (C=O) groups is 1. The summed E-state index contributed by atoms with van der Waals surface area (Å²) < 4.78 is 0. The van der Waals surface area contributed by atoms with Crippen molar-refractivity contribution in [1.82, 2.24) is 9.90 Å². The normalized spacial score (nSPS) is 13.3. The van der Waals surface area contributed by atoms with Crippen molar-refractivity contribution in [2.75, 3.05) is 0 Å². The van der Waals surface area contributed by atoms with Crippen molar-refractivity contribution in [3.05, 3.63) is 59.9 Å². The monoisotopic (exact) mass is 251 g/mol. The second kappa shape index (κ2) is 4.66. The maximum Gasteiger partial charge on any atom is 0.474 e. The molecule has 0 aliphatic carbocycles. The lowest BCUT2D eigenvalue weighted by molar-refractivity contribution is 0.0845. The van der Waals surface area contributed by atoms with E-state index in [1.54, 1.807) is 30.6 Å². The zero-order valence-electron chi connectivity index (χ0n) is 9.97. The molecule has 2 heterocycles. The average molecular weight is 251 g/mol. The number of pyridine rings is 1. The zero-order valence-corrected chi connectivity index (χ0v) is 9.97. The number of carbonyl (C=O) groups excluding carboxylic acids is 1. The molecular formula is C13H10BN3O2. The minimum Gasteiger partial charge on any atom is -0.427 e. The summed E-state index contributed by atoms with van der Waals surface area (Å²) in [6, 6.07) is 10.6. The van der Waals surface area contributed by atoms with E-state index in [-0.39, 0.29) is 5.91 Å². The van der Waals surface area contributed by atoms with Crippen LogP contribution in [0.3, 0.4) is 0 Å². The van der Waals surface area contributed by atoms with E-state index >= 15 is 0 Å². The van der Waals surface area contributed by atoms with Crippen LogP contribution in [-0.4, -0.2) is 34.1 Å². The van der Waals surface area contributed by atoms with Gasteiger partial charge in [-0.2, -0.15) is 5.10 Å². The van der Waals surface area contributed by atoms with E-state index in [9.17, 15) is 9.82 Å². The summed E-state index contributed by atoms with van der Waals surface area (Å²) in [4.78, 5) is 17.2. The van der Waals surface area contributed by atoms with Crippen molar-refractivity contribution in [2.45, 2.75) is 0 Å². The number of fused-ring (bicyclic) bond motifs is 1. The van der Waals surface area contributed by atoms with Crippen LogP contribution in [0.1, 0.15) is 15.9 Å². The van der Waals surface area contributed by atoms with Crippen molar-refractivity contribution in [3.63, 3.8) is 0 Å². The number of hydrazone groups is 1. The fraction of sp³-hybridized carbons (Fsp3) is 0. The van der Waals surface area contributed by atoms with Gasteiger partial charge < -0.3 is 5.02 Å². The molecule has 19 heavy (non-hydrogen) atoms. The van der Waals surface area contributed by atoms with E-state index in [2.05, 4.69) is 10.1 Å². The molecule has 1 aromatic carbocycles. The Labute approximate surface area is 110 Å². The van der Waals surface area contributed by atoms with E-state index in [1.807, 2.05) is 18.2 Å². The van der Waals surface area contributed by atoms with Crippen LogP contribution in [0.4, 0.5) is 0 Å². The Kier molecular flexibility index (Phi) is 2.85. The fourth-order valence-electron chi connectivity index (χ4n) is 1.97. The molecule has 0 atom stereocenters. The van der Waals surface area contributed by atoms with Crippen molar-refractivity contribution in [1.29, 1.82) is 0 Å². The fourth-order valence-corrected chi connectivity index (χ4v) is 1.97. The van der Waals surface area contributed by atoms with E-state index in [1.165, 1.54) is 6.20 Å². The Morgan fingerprint density at radius 3 is 2.84 bits per heavy atom. The lowest BCUT2D eigenvalue weighted by Crippen LogP contribution is -2.52. The molecular weight excluding hydrogens is 241 g/mol. The Morgan fingerprint density at radius 2 is 2.05 bits per heavy atom. The van der Waals surface area contributed by atoms with Gasteiger partial charge in [-0.05, 0) is 23.2 Å². The molecule has 1 aliphatic rings. The van der Waals surface area contributed by atoms with Gasteiger partial charge in [-0.1, -0.05) is 24.3 Å². The van der Waals surface area contributed by atoms with Crippen molar-refractivity contribution >= 4 is 24.6 Å². The highest BCUT2D eigenvalue weighted by Crippen LogP contribution is 2.10. The number of aromatic nitrogens is 1.